The highest BCUT2D eigenvalue weighted by molar-refractivity contribution is 8.02. The number of nitrogens with one attached hydrogen (secondary N) is 1. The van der Waals surface area contributed by atoms with Crippen LogP contribution in [0.25, 0.3) is 0 Å². The number of nitrogens with zero attached hydrogens (tertiary/aromatic N) is 1. The van der Waals surface area contributed by atoms with E-state index in [2.05, 4.69) is 18.6 Å². The Hall–Kier alpha value is -1.13. The van der Waals surface area contributed by atoms with E-state index in [1.807, 2.05) is 35.3 Å². The highest BCUT2D eigenvalue weighted by Gasteiger charge is 2.26. The molecule has 1 heterocycles. The monoisotopic (exact) mass is 221 g/mol. The first-order valence-corrected chi connectivity index (χ1v) is 6.11. The van der Waals surface area contributed by atoms with Crippen molar-refractivity contribution < 1.29 is 0 Å². The van der Waals surface area contributed by atoms with Crippen molar-refractivity contribution in [1.29, 1.82) is 0 Å². The lowest BCUT2D eigenvalue weighted by Crippen LogP contribution is -2.37. The number of anilines is 1. The summed E-state index contributed by atoms with van der Waals surface area (Å²) < 4.78 is 0. The third-order valence-corrected chi connectivity index (χ3v) is 3.45. The van der Waals surface area contributed by atoms with Crippen LogP contribution >= 0.6 is 11.8 Å². The van der Waals surface area contributed by atoms with E-state index in [1.54, 1.807) is 11.8 Å². The highest BCUT2D eigenvalue weighted by Crippen LogP contribution is 2.29. The minimum atomic E-state index is 0.292. The Labute approximate surface area is 94.3 Å². The largest absolute Gasteiger partial charge is 0.383 e. The van der Waals surface area contributed by atoms with Crippen molar-refractivity contribution in [1.82, 2.24) is 5.43 Å². The molecule has 0 radical (unpaired) electrons. The smallest absolute Gasteiger partial charge is 0.129 e. The summed E-state index contributed by atoms with van der Waals surface area (Å²) in [7, 11) is 0. The molecule has 15 heavy (non-hydrogen) atoms. The molecular formula is C11H15N3S. The molecule has 4 heteroatoms. The fourth-order valence-electron chi connectivity index (χ4n) is 1.73. The minimum Gasteiger partial charge on any atom is -0.383 e. The topological polar surface area (TPSA) is 41.3 Å². The van der Waals surface area contributed by atoms with Crippen LogP contribution in [-0.4, -0.2) is 12.3 Å². The Morgan fingerprint density at radius 2 is 2.00 bits per heavy atom. The Morgan fingerprint density at radius 3 is 2.53 bits per heavy atom. The SMILES string of the molecule is CSC1=C(N)N(c2ccccc2)NC1C. The van der Waals surface area contributed by atoms with Gasteiger partial charge in [-0.2, -0.15) is 0 Å². The Kier molecular flexibility index (Phi) is 2.88. The lowest BCUT2D eigenvalue weighted by Gasteiger charge is -2.20. The van der Waals surface area contributed by atoms with Crippen molar-refractivity contribution in [3.63, 3.8) is 0 Å². The molecule has 80 valence electrons. The maximum atomic E-state index is 6.08. The minimum absolute atomic E-state index is 0.292. The molecule has 2 rings (SSSR count). The molecule has 0 bridgehead atoms. The molecule has 0 aliphatic carbocycles. The van der Waals surface area contributed by atoms with Gasteiger partial charge in [0.1, 0.15) is 5.82 Å². The summed E-state index contributed by atoms with van der Waals surface area (Å²) >= 11 is 1.70. The van der Waals surface area contributed by atoms with Crippen molar-refractivity contribution in [3.8, 4) is 0 Å². The number of para-hydroxylation sites is 1. The van der Waals surface area contributed by atoms with Gasteiger partial charge in [-0.3, -0.25) is 5.01 Å². The average Bonchev–Trinajstić information content (AvgIpc) is 2.55. The van der Waals surface area contributed by atoms with Crippen molar-refractivity contribution in [2.75, 3.05) is 11.3 Å². The Bertz CT molecular complexity index is 375. The Morgan fingerprint density at radius 1 is 1.33 bits per heavy atom. The van der Waals surface area contributed by atoms with E-state index in [4.69, 9.17) is 5.73 Å². The molecule has 1 aromatic rings. The maximum Gasteiger partial charge on any atom is 0.129 e. The van der Waals surface area contributed by atoms with Crippen LogP contribution in [0.3, 0.4) is 0 Å². The average molecular weight is 221 g/mol. The normalized spacial score (nSPS) is 21.2. The standard InChI is InChI=1S/C11H15N3S/c1-8-10(15-2)11(12)14(13-8)9-6-4-3-5-7-9/h3-8,13H,12H2,1-2H3. The van der Waals surface area contributed by atoms with Crippen LogP contribution in [0.2, 0.25) is 0 Å². The van der Waals surface area contributed by atoms with Crippen LogP contribution in [0.1, 0.15) is 6.92 Å². The van der Waals surface area contributed by atoms with E-state index in [0.717, 1.165) is 11.5 Å². The fourth-order valence-corrected chi connectivity index (χ4v) is 2.43. The number of hydrogen-bond donors (Lipinski definition) is 2. The molecule has 3 nitrogen and oxygen atoms in total. The molecule has 1 atom stereocenters. The fraction of sp³-hybridized carbons (Fsp3) is 0.273. The second-order valence-electron chi connectivity index (χ2n) is 3.48. The van der Waals surface area contributed by atoms with Crippen molar-refractivity contribution in [2.45, 2.75) is 13.0 Å². The molecule has 1 unspecified atom stereocenters. The van der Waals surface area contributed by atoms with Gasteiger partial charge in [-0.05, 0) is 25.3 Å². The Balaban J connectivity index is 2.31. The quantitative estimate of drug-likeness (QED) is 0.800. The number of rotatable bonds is 2. The van der Waals surface area contributed by atoms with Crippen LogP contribution < -0.4 is 16.2 Å². The zero-order chi connectivity index (χ0) is 10.8. The zero-order valence-electron chi connectivity index (χ0n) is 8.90. The third kappa shape index (κ3) is 1.82. The van der Waals surface area contributed by atoms with Gasteiger partial charge in [-0.25, -0.2) is 5.43 Å². The molecule has 0 saturated heterocycles. The summed E-state index contributed by atoms with van der Waals surface area (Å²) in [6.45, 7) is 2.11. The van der Waals surface area contributed by atoms with E-state index in [0.29, 0.717) is 6.04 Å². The molecular weight excluding hydrogens is 206 g/mol. The summed E-state index contributed by atoms with van der Waals surface area (Å²) in [5.74, 6) is 0.807. The number of nitrogens with two attached hydrogens (primary N) is 1. The summed E-state index contributed by atoms with van der Waals surface area (Å²) in [6.07, 6.45) is 2.05. The molecule has 0 aromatic heterocycles. The number of hydrogen-bond acceptors (Lipinski definition) is 4. The van der Waals surface area contributed by atoms with Gasteiger partial charge in [0, 0.05) is 4.91 Å². The summed E-state index contributed by atoms with van der Waals surface area (Å²) in [5, 5.41) is 1.94. The highest BCUT2D eigenvalue weighted by atomic mass is 32.2. The van der Waals surface area contributed by atoms with Gasteiger partial charge in [0.25, 0.3) is 0 Å². The van der Waals surface area contributed by atoms with Crippen molar-refractivity contribution >= 4 is 17.4 Å². The molecule has 0 amide bonds. The second-order valence-corrected chi connectivity index (χ2v) is 4.32. The van der Waals surface area contributed by atoms with E-state index in [1.165, 1.54) is 4.91 Å². The van der Waals surface area contributed by atoms with Gasteiger partial charge < -0.3 is 5.73 Å². The van der Waals surface area contributed by atoms with Crippen LogP contribution in [0.15, 0.2) is 41.1 Å². The van der Waals surface area contributed by atoms with E-state index in [-0.39, 0.29) is 0 Å². The predicted molar refractivity (Wildman–Crippen MR) is 66.2 cm³/mol. The van der Waals surface area contributed by atoms with E-state index >= 15 is 0 Å². The molecule has 0 fully saturated rings. The lowest BCUT2D eigenvalue weighted by atomic mass is 10.3. The first-order chi connectivity index (χ1) is 7.24. The van der Waals surface area contributed by atoms with Crippen LogP contribution in [0.4, 0.5) is 5.69 Å². The van der Waals surface area contributed by atoms with Crippen LogP contribution in [0, 0.1) is 0 Å². The molecule has 3 N–H and O–H groups in total. The van der Waals surface area contributed by atoms with Gasteiger partial charge >= 0.3 is 0 Å². The molecule has 0 saturated carbocycles. The molecule has 1 aromatic carbocycles. The van der Waals surface area contributed by atoms with Crippen molar-refractivity contribution in [2.24, 2.45) is 5.73 Å². The number of thioether (sulfide) groups is 1. The maximum absolute atomic E-state index is 6.08. The van der Waals surface area contributed by atoms with Gasteiger partial charge in [0.15, 0.2) is 0 Å². The van der Waals surface area contributed by atoms with E-state index < -0.39 is 0 Å². The van der Waals surface area contributed by atoms with Gasteiger partial charge in [0.2, 0.25) is 0 Å². The molecule has 0 spiro atoms. The van der Waals surface area contributed by atoms with Crippen LogP contribution in [-0.2, 0) is 0 Å². The summed E-state index contributed by atoms with van der Waals surface area (Å²) in [4.78, 5) is 1.19. The van der Waals surface area contributed by atoms with Gasteiger partial charge in [-0.15, -0.1) is 11.8 Å². The number of benzene rings is 1. The third-order valence-electron chi connectivity index (χ3n) is 2.44. The lowest BCUT2D eigenvalue weighted by molar-refractivity contribution is 0.669. The zero-order valence-corrected chi connectivity index (χ0v) is 9.71. The molecule has 1 aliphatic rings. The summed E-state index contributed by atoms with van der Waals surface area (Å²) in [5.41, 5.74) is 10.5. The first kappa shape index (κ1) is 10.4. The van der Waals surface area contributed by atoms with Crippen LogP contribution in [0.5, 0.6) is 0 Å². The number of hydrazine groups is 1. The first-order valence-electron chi connectivity index (χ1n) is 4.89. The summed E-state index contributed by atoms with van der Waals surface area (Å²) in [6, 6.07) is 10.4. The second kappa shape index (κ2) is 4.16. The predicted octanol–water partition coefficient (Wildman–Crippen LogP) is 1.89. The van der Waals surface area contributed by atoms with Gasteiger partial charge in [-0.1, -0.05) is 18.2 Å². The molecule has 1 aliphatic heterocycles. The van der Waals surface area contributed by atoms with E-state index in [9.17, 15) is 0 Å². The van der Waals surface area contributed by atoms with Gasteiger partial charge in [0.05, 0.1) is 11.7 Å². The van der Waals surface area contributed by atoms with Crippen molar-refractivity contribution in [3.05, 3.63) is 41.1 Å².